The molecule has 1 aromatic rings. The lowest BCUT2D eigenvalue weighted by Gasteiger charge is -2.22. The summed E-state index contributed by atoms with van der Waals surface area (Å²) in [5, 5.41) is 3.31. The van der Waals surface area contributed by atoms with E-state index in [9.17, 15) is 0 Å². The van der Waals surface area contributed by atoms with Gasteiger partial charge in [-0.15, -0.1) is 0 Å². The zero-order valence-corrected chi connectivity index (χ0v) is 15.0. The molecule has 1 aliphatic rings. The van der Waals surface area contributed by atoms with Crippen LogP contribution in [-0.2, 0) is 4.74 Å². The maximum absolute atomic E-state index is 5.74. The average molecular weight is 335 g/mol. The first-order valence-corrected chi connectivity index (χ1v) is 8.49. The van der Waals surface area contributed by atoms with Gasteiger partial charge in [0.15, 0.2) is 5.96 Å². The summed E-state index contributed by atoms with van der Waals surface area (Å²) in [6.07, 6.45) is 2.65. The van der Waals surface area contributed by atoms with Crippen molar-refractivity contribution in [3.8, 4) is 11.5 Å². The fraction of sp³-hybridized carbons (Fsp3) is 0.611. The van der Waals surface area contributed by atoms with Crippen LogP contribution in [-0.4, -0.2) is 65.0 Å². The molecule has 0 spiro atoms. The van der Waals surface area contributed by atoms with Crippen LogP contribution in [0.1, 0.15) is 12.8 Å². The van der Waals surface area contributed by atoms with Crippen molar-refractivity contribution in [3.63, 3.8) is 0 Å². The molecule has 0 heterocycles. The Balaban J connectivity index is 1.60. The van der Waals surface area contributed by atoms with Crippen LogP contribution in [0.3, 0.4) is 0 Å². The Kier molecular flexibility index (Phi) is 7.68. The standard InChI is InChI=1S/C18H29N3O3/c1-19-18(20-10-12-23-14-15-4-5-15)21(2)11-13-24-17-8-6-16(22-3)7-9-17/h6-9,15H,4-5,10-14H2,1-3H3,(H,19,20). The molecule has 0 amide bonds. The van der Waals surface area contributed by atoms with E-state index >= 15 is 0 Å². The number of benzene rings is 1. The second kappa shape index (κ2) is 10.0. The van der Waals surface area contributed by atoms with E-state index in [1.165, 1.54) is 12.8 Å². The number of hydrogen-bond acceptors (Lipinski definition) is 4. The van der Waals surface area contributed by atoms with Gasteiger partial charge >= 0.3 is 0 Å². The molecule has 6 nitrogen and oxygen atoms in total. The molecule has 0 radical (unpaired) electrons. The molecular formula is C18H29N3O3. The number of likely N-dealkylation sites (N-methyl/N-ethyl adjacent to an activating group) is 1. The number of hydrogen-bond donors (Lipinski definition) is 1. The van der Waals surface area contributed by atoms with Gasteiger partial charge in [-0.1, -0.05) is 0 Å². The van der Waals surface area contributed by atoms with Gasteiger partial charge in [0, 0.05) is 27.2 Å². The van der Waals surface area contributed by atoms with Crippen LogP contribution >= 0.6 is 0 Å². The van der Waals surface area contributed by atoms with E-state index in [-0.39, 0.29) is 0 Å². The van der Waals surface area contributed by atoms with Gasteiger partial charge in [0.2, 0.25) is 0 Å². The molecule has 1 saturated carbocycles. The van der Waals surface area contributed by atoms with Crippen molar-refractivity contribution in [2.45, 2.75) is 12.8 Å². The molecular weight excluding hydrogens is 306 g/mol. The van der Waals surface area contributed by atoms with Crippen molar-refractivity contribution in [2.24, 2.45) is 10.9 Å². The quantitative estimate of drug-likeness (QED) is 0.403. The highest BCUT2D eigenvalue weighted by Gasteiger charge is 2.20. The minimum absolute atomic E-state index is 0.585. The van der Waals surface area contributed by atoms with Gasteiger partial charge in [-0.25, -0.2) is 0 Å². The summed E-state index contributed by atoms with van der Waals surface area (Å²) < 4.78 is 16.5. The Morgan fingerprint density at radius 2 is 1.92 bits per heavy atom. The first kappa shape index (κ1) is 18.4. The van der Waals surface area contributed by atoms with Crippen molar-refractivity contribution in [1.82, 2.24) is 10.2 Å². The number of ether oxygens (including phenoxy) is 3. The number of aliphatic imine (C=N–C) groups is 1. The second-order valence-electron chi connectivity index (χ2n) is 5.94. The van der Waals surface area contributed by atoms with Crippen LogP contribution in [0.4, 0.5) is 0 Å². The Hall–Kier alpha value is -1.95. The zero-order chi connectivity index (χ0) is 17.2. The maximum Gasteiger partial charge on any atom is 0.193 e. The fourth-order valence-electron chi connectivity index (χ4n) is 2.23. The number of methoxy groups -OCH3 is 1. The van der Waals surface area contributed by atoms with Crippen LogP contribution in [0.5, 0.6) is 11.5 Å². The monoisotopic (exact) mass is 335 g/mol. The lowest BCUT2D eigenvalue weighted by molar-refractivity contribution is 0.128. The third kappa shape index (κ3) is 6.66. The second-order valence-corrected chi connectivity index (χ2v) is 5.94. The van der Waals surface area contributed by atoms with Crippen molar-refractivity contribution in [2.75, 3.05) is 54.1 Å². The number of rotatable bonds is 10. The van der Waals surface area contributed by atoms with Gasteiger partial charge in [0.05, 0.1) is 20.3 Å². The summed E-state index contributed by atoms with van der Waals surface area (Å²) >= 11 is 0. The number of guanidine groups is 1. The van der Waals surface area contributed by atoms with Gasteiger partial charge in [-0.2, -0.15) is 0 Å². The van der Waals surface area contributed by atoms with Crippen molar-refractivity contribution in [3.05, 3.63) is 24.3 Å². The van der Waals surface area contributed by atoms with Crippen molar-refractivity contribution < 1.29 is 14.2 Å². The van der Waals surface area contributed by atoms with Crippen LogP contribution in [0, 0.1) is 5.92 Å². The lowest BCUT2D eigenvalue weighted by atomic mass is 10.3. The molecule has 0 aromatic heterocycles. The van der Waals surface area contributed by atoms with E-state index in [0.717, 1.165) is 43.1 Å². The molecule has 0 atom stereocenters. The van der Waals surface area contributed by atoms with E-state index in [1.807, 2.05) is 36.2 Å². The minimum Gasteiger partial charge on any atom is -0.497 e. The van der Waals surface area contributed by atoms with Crippen molar-refractivity contribution >= 4 is 5.96 Å². The molecule has 6 heteroatoms. The van der Waals surface area contributed by atoms with Crippen LogP contribution in [0.25, 0.3) is 0 Å². The van der Waals surface area contributed by atoms with Gasteiger partial charge in [-0.05, 0) is 43.0 Å². The molecule has 0 saturated heterocycles. The summed E-state index contributed by atoms with van der Waals surface area (Å²) in [7, 11) is 5.44. The molecule has 134 valence electrons. The van der Waals surface area contributed by atoms with E-state index in [4.69, 9.17) is 14.2 Å². The highest BCUT2D eigenvalue weighted by atomic mass is 16.5. The highest BCUT2D eigenvalue weighted by molar-refractivity contribution is 5.79. The molecule has 1 fully saturated rings. The summed E-state index contributed by atoms with van der Waals surface area (Å²) in [6.45, 7) is 3.71. The normalized spacial score (nSPS) is 14.4. The first-order chi connectivity index (χ1) is 11.7. The molecule has 0 unspecified atom stereocenters. The van der Waals surface area contributed by atoms with Gasteiger partial charge in [-0.3, -0.25) is 4.99 Å². The Morgan fingerprint density at radius 1 is 1.21 bits per heavy atom. The van der Waals surface area contributed by atoms with E-state index < -0.39 is 0 Å². The maximum atomic E-state index is 5.74. The molecule has 0 bridgehead atoms. The molecule has 0 aliphatic heterocycles. The fourth-order valence-corrected chi connectivity index (χ4v) is 2.23. The van der Waals surface area contributed by atoms with Gasteiger partial charge in [0.25, 0.3) is 0 Å². The van der Waals surface area contributed by atoms with E-state index in [0.29, 0.717) is 13.2 Å². The van der Waals surface area contributed by atoms with Crippen molar-refractivity contribution in [1.29, 1.82) is 0 Å². The SMILES string of the molecule is CN=C(NCCOCC1CC1)N(C)CCOc1ccc(OC)cc1. The Bertz CT molecular complexity index is 501. The number of nitrogens with one attached hydrogen (secondary N) is 1. The zero-order valence-electron chi connectivity index (χ0n) is 15.0. The van der Waals surface area contributed by atoms with Gasteiger partial charge < -0.3 is 24.4 Å². The van der Waals surface area contributed by atoms with E-state index in [2.05, 4.69) is 10.3 Å². The summed E-state index contributed by atoms with van der Waals surface area (Å²) in [5.74, 6) is 3.32. The van der Waals surface area contributed by atoms with E-state index in [1.54, 1.807) is 14.2 Å². The molecule has 2 rings (SSSR count). The van der Waals surface area contributed by atoms with Gasteiger partial charge in [0.1, 0.15) is 18.1 Å². The molecule has 1 aliphatic carbocycles. The Labute approximate surface area is 144 Å². The summed E-state index contributed by atoms with van der Waals surface area (Å²) in [6, 6.07) is 7.59. The lowest BCUT2D eigenvalue weighted by Crippen LogP contribution is -2.42. The first-order valence-electron chi connectivity index (χ1n) is 8.49. The Morgan fingerprint density at radius 3 is 2.54 bits per heavy atom. The smallest absolute Gasteiger partial charge is 0.193 e. The largest absolute Gasteiger partial charge is 0.497 e. The predicted molar refractivity (Wildman–Crippen MR) is 96.0 cm³/mol. The minimum atomic E-state index is 0.585. The number of nitrogens with zero attached hydrogens (tertiary/aromatic N) is 2. The topological polar surface area (TPSA) is 55.3 Å². The predicted octanol–water partition coefficient (Wildman–Crippen LogP) is 2.01. The van der Waals surface area contributed by atoms with Crippen LogP contribution < -0.4 is 14.8 Å². The third-order valence-corrected chi connectivity index (χ3v) is 3.91. The van der Waals surface area contributed by atoms with Crippen LogP contribution in [0.15, 0.2) is 29.3 Å². The molecule has 1 aromatic carbocycles. The third-order valence-electron chi connectivity index (χ3n) is 3.91. The molecule has 1 N–H and O–H groups in total. The average Bonchev–Trinajstić information content (AvgIpc) is 3.43. The summed E-state index contributed by atoms with van der Waals surface area (Å²) in [4.78, 5) is 6.33. The van der Waals surface area contributed by atoms with Crippen LogP contribution in [0.2, 0.25) is 0 Å². The highest BCUT2D eigenvalue weighted by Crippen LogP contribution is 2.28. The summed E-state index contributed by atoms with van der Waals surface area (Å²) in [5.41, 5.74) is 0. The molecule has 24 heavy (non-hydrogen) atoms.